The van der Waals surface area contributed by atoms with Crippen LogP contribution < -0.4 is 10.9 Å². The number of anilines is 1. The van der Waals surface area contributed by atoms with Crippen LogP contribution in [0, 0.1) is 5.95 Å². The van der Waals surface area contributed by atoms with Gasteiger partial charge in [-0.2, -0.15) is 4.39 Å². The van der Waals surface area contributed by atoms with Gasteiger partial charge in [0.2, 0.25) is 5.95 Å². The molecule has 1 aromatic rings. The number of halogens is 1. The third-order valence-electron chi connectivity index (χ3n) is 1.19. The second-order valence-electron chi connectivity index (χ2n) is 2.09. The number of ether oxygens (including phenoxy) is 1. The summed E-state index contributed by atoms with van der Waals surface area (Å²) in [6, 6.07) is 4.16. The van der Waals surface area contributed by atoms with E-state index in [9.17, 15) is 9.18 Å². The number of nitrogens with one attached hydrogen (secondary N) is 2. The van der Waals surface area contributed by atoms with E-state index in [-0.39, 0.29) is 5.82 Å². The number of pyridine rings is 1. The Morgan fingerprint density at radius 3 is 3.00 bits per heavy atom. The zero-order valence-electron chi connectivity index (χ0n) is 6.87. The first-order valence-electron chi connectivity index (χ1n) is 3.45. The molecule has 0 aliphatic rings. The molecule has 0 unspecified atom stereocenters. The first-order chi connectivity index (χ1) is 6.22. The lowest BCUT2D eigenvalue weighted by atomic mass is 10.5. The molecule has 0 radical (unpaired) electrons. The van der Waals surface area contributed by atoms with Crippen molar-refractivity contribution in [2.45, 2.75) is 0 Å². The molecule has 1 rings (SSSR count). The first kappa shape index (κ1) is 9.24. The molecule has 0 saturated carbocycles. The van der Waals surface area contributed by atoms with Gasteiger partial charge in [0.1, 0.15) is 5.82 Å². The summed E-state index contributed by atoms with van der Waals surface area (Å²) in [4.78, 5) is 14.0. The fourth-order valence-corrected chi connectivity index (χ4v) is 0.644. The molecule has 6 heteroatoms. The van der Waals surface area contributed by atoms with Gasteiger partial charge in [-0.15, -0.1) is 0 Å². The van der Waals surface area contributed by atoms with Crippen molar-refractivity contribution in [2.24, 2.45) is 0 Å². The van der Waals surface area contributed by atoms with Crippen molar-refractivity contribution in [3.05, 3.63) is 24.1 Å². The van der Waals surface area contributed by atoms with Crippen molar-refractivity contribution in [3.8, 4) is 0 Å². The lowest BCUT2D eigenvalue weighted by Gasteiger charge is -2.05. The summed E-state index contributed by atoms with van der Waals surface area (Å²) in [6.07, 6.45) is -0.675. The van der Waals surface area contributed by atoms with Crippen LogP contribution in [0.15, 0.2) is 18.2 Å². The monoisotopic (exact) mass is 185 g/mol. The zero-order valence-corrected chi connectivity index (χ0v) is 6.87. The number of amides is 1. The fourth-order valence-electron chi connectivity index (χ4n) is 0.644. The minimum Gasteiger partial charge on any atom is -0.452 e. The van der Waals surface area contributed by atoms with Gasteiger partial charge in [-0.1, -0.05) is 6.07 Å². The molecule has 0 bridgehead atoms. The molecule has 0 aromatic carbocycles. The van der Waals surface area contributed by atoms with E-state index < -0.39 is 12.0 Å². The van der Waals surface area contributed by atoms with E-state index in [4.69, 9.17) is 0 Å². The fraction of sp³-hybridized carbons (Fsp3) is 0.143. The van der Waals surface area contributed by atoms with Gasteiger partial charge >= 0.3 is 6.09 Å². The van der Waals surface area contributed by atoms with Crippen LogP contribution in [0.5, 0.6) is 0 Å². The molecule has 1 heterocycles. The number of nitrogens with zero attached hydrogens (tertiary/aromatic N) is 1. The number of hydrogen-bond acceptors (Lipinski definition) is 4. The molecule has 13 heavy (non-hydrogen) atoms. The lowest BCUT2D eigenvalue weighted by Crippen LogP contribution is -2.29. The smallest absolute Gasteiger partial charge is 0.425 e. The Morgan fingerprint density at radius 2 is 2.38 bits per heavy atom. The highest BCUT2D eigenvalue weighted by atomic mass is 19.1. The maximum atomic E-state index is 12.5. The standard InChI is InChI=1S/C7H8FN3O2/c1-13-7(12)11-10-6-4-2-3-5(8)9-6/h2-4H,1H3,(H,9,10)(H,11,12). The molecule has 0 aliphatic carbocycles. The number of carbonyl (C=O) groups excluding carboxylic acids is 1. The van der Waals surface area contributed by atoms with Crippen LogP contribution in [0.1, 0.15) is 0 Å². The van der Waals surface area contributed by atoms with Crippen LogP contribution in [0.25, 0.3) is 0 Å². The van der Waals surface area contributed by atoms with Crippen LogP contribution in [-0.4, -0.2) is 18.2 Å². The van der Waals surface area contributed by atoms with Crippen molar-refractivity contribution in [3.63, 3.8) is 0 Å². The number of hydrogen-bond donors (Lipinski definition) is 2. The van der Waals surface area contributed by atoms with Crippen LogP contribution in [0.3, 0.4) is 0 Å². The Morgan fingerprint density at radius 1 is 1.62 bits per heavy atom. The highest BCUT2D eigenvalue weighted by molar-refractivity contribution is 5.68. The van der Waals surface area contributed by atoms with E-state index in [1.54, 1.807) is 0 Å². The average Bonchev–Trinajstić information content (AvgIpc) is 2.14. The highest BCUT2D eigenvalue weighted by Crippen LogP contribution is 2.01. The van der Waals surface area contributed by atoms with Gasteiger partial charge in [-0.3, -0.25) is 5.43 Å². The summed E-state index contributed by atoms with van der Waals surface area (Å²) in [5.74, 6) is -0.429. The van der Waals surface area contributed by atoms with E-state index in [1.165, 1.54) is 25.3 Å². The second-order valence-corrected chi connectivity index (χ2v) is 2.09. The maximum absolute atomic E-state index is 12.5. The van der Waals surface area contributed by atoms with Crippen LogP contribution in [0.4, 0.5) is 15.0 Å². The van der Waals surface area contributed by atoms with Crippen LogP contribution >= 0.6 is 0 Å². The van der Waals surface area contributed by atoms with E-state index in [0.29, 0.717) is 0 Å². The molecule has 0 saturated heterocycles. The van der Waals surface area contributed by atoms with Gasteiger partial charge in [0.15, 0.2) is 0 Å². The Hall–Kier alpha value is -1.85. The van der Waals surface area contributed by atoms with Gasteiger partial charge in [0, 0.05) is 0 Å². The third-order valence-corrected chi connectivity index (χ3v) is 1.19. The minimum atomic E-state index is -0.675. The van der Waals surface area contributed by atoms with E-state index in [2.05, 4.69) is 20.6 Å². The van der Waals surface area contributed by atoms with Crippen molar-refractivity contribution in [2.75, 3.05) is 12.5 Å². The van der Waals surface area contributed by atoms with Gasteiger partial charge in [0.25, 0.3) is 0 Å². The summed E-state index contributed by atoms with van der Waals surface area (Å²) >= 11 is 0. The molecule has 0 fully saturated rings. The van der Waals surface area contributed by atoms with E-state index in [0.717, 1.165) is 0 Å². The van der Waals surface area contributed by atoms with Crippen LogP contribution in [0.2, 0.25) is 0 Å². The molecule has 0 aliphatic heterocycles. The first-order valence-corrected chi connectivity index (χ1v) is 3.45. The van der Waals surface area contributed by atoms with Crippen molar-refractivity contribution >= 4 is 11.9 Å². The normalized spacial score (nSPS) is 9.08. The van der Waals surface area contributed by atoms with Crippen LogP contribution in [-0.2, 0) is 4.74 Å². The number of methoxy groups -OCH3 is 1. The topological polar surface area (TPSA) is 63.2 Å². The van der Waals surface area contributed by atoms with Crippen molar-refractivity contribution in [1.29, 1.82) is 0 Å². The lowest BCUT2D eigenvalue weighted by molar-refractivity contribution is 0.173. The number of hydrazine groups is 1. The predicted molar refractivity (Wildman–Crippen MR) is 43.4 cm³/mol. The molecule has 2 N–H and O–H groups in total. The highest BCUT2D eigenvalue weighted by Gasteiger charge is 1.98. The summed E-state index contributed by atoms with van der Waals surface area (Å²) in [5, 5.41) is 0. The predicted octanol–water partition coefficient (Wildman–Crippen LogP) is 0.904. The Kier molecular flexibility index (Phi) is 3.02. The van der Waals surface area contributed by atoms with Gasteiger partial charge < -0.3 is 4.74 Å². The van der Waals surface area contributed by atoms with Gasteiger partial charge in [-0.05, 0) is 12.1 Å². The molecule has 5 nitrogen and oxygen atoms in total. The van der Waals surface area contributed by atoms with Crippen molar-refractivity contribution < 1.29 is 13.9 Å². The minimum absolute atomic E-state index is 0.199. The zero-order chi connectivity index (χ0) is 9.68. The summed E-state index contributed by atoms with van der Waals surface area (Å²) in [7, 11) is 1.22. The maximum Gasteiger partial charge on any atom is 0.425 e. The molecule has 0 atom stereocenters. The van der Waals surface area contributed by atoms with Gasteiger partial charge in [-0.25, -0.2) is 15.2 Å². The average molecular weight is 185 g/mol. The molecule has 1 aromatic heterocycles. The number of aromatic nitrogens is 1. The summed E-state index contributed by atoms with van der Waals surface area (Å²) in [6.45, 7) is 0. The Balaban J connectivity index is 2.50. The Bertz CT molecular complexity index is 306. The van der Waals surface area contributed by atoms with E-state index >= 15 is 0 Å². The summed E-state index contributed by atoms with van der Waals surface area (Å²) in [5.41, 5.74) is 4.50. The summed E-state index contributed by atoms with van der Waals surface area (Å²) < 4.78 is 16.7. The SMILES string of the molecule is COC(=O)NNc1cccc(F)n1. The number of rotatable bonds is 2. The van der Waals surface area contributed by atoms with Crippen molar-refractivity contribution in [1.82, 2.24) is 10.4 Å². The largest absolute Gasteiger partial charge is 0.452 e. The molecule has 70 valence electrons. The molecule has 1 amide bonds. The van der Waals surface area contributed by atoms with Gasteiger partial charge in [0.05, 0.1) is 7.11 Å². The Labute approximate surface area is 73.9 Å². The third kappa shape index (κ3) is 2.94. The molecular formula is C7H8FN3O2. The quantitative estimate of drug-likeness (QED) is 0.530. The number of carbonyl (C=O) groups is 1. The molecule has 0 spiro atoms. The second kappa shape index (κ2) is 4.24. The van der Waals surface area contributed by atoms with E-state index in [1.807, 2.05) is 0 Å². The molecular weight excluding hydrogens is 177 g/mol.